The van der Waals surface area contributed by atoms with Gasteiger partial charge in [0.1, 0.15) is 11.6 Å². The molecule has 3 amide bonds. The van der Waals surface area contributed by atoms with Gasteiger partial charge in [-0.1, -0.05) is 42.0 Å². The average Bonchev–Trinajstić information content (AvgIpc) is 3.34. The van der Waals surface area contributed by atoms with Crippen LogP contribution in [0.1, 0.15) is 16.7 Å². The fraction of sp³-hybridized carbons (Fsp3) is 0.200. The van der Waals surface area contributed by atoms with Crippen molar-refractivity contribution in [2.75, 3.05) is 22.5 Å². The molecular weight excluding hydrogens is 444 g/mol. The normalized spacial score (nSPS) is 19.3. The van der Waals surface area contributed by atoms with Gasteiger partial charge < -0.3 is 10.2 Å². The number of carbonyl (C=O) groups is 2. The lowest BCUT2D eigenvalue weighted by Gasteiger charge is -2.33. The van der Waals surface area contributed by atoms with Gasteiger partial charge in [-0.25, -0.2) is 13.6 Å². The second-order valence-corrected chi connectivity index (χ2v) is 9.37. The number of urea groups is 1. The van der Waals surface area contributed by atoms with Gasteiger partial charge in [0, 0.05) is 35.2 Å². The van der Waals surface area contributed by atoms with Crippen LogP contribution >= 0.6 is 11.8 Å². The zero-order valence-corrected chi connectivity index (χ0v) is 18.7. The van der Waals surface area contributed by atoms with Crippen molar-refractivity contribution in [3.05, 3.63) is 95.1 Å². The van der Waals surface area contributed by atoms with Crippen LogP contribution in [0.3, 0.4) is 0 Å². The third kappa shape index (κ3) is 3.54. The second kappa shape index (κ2) is 8.19. The van der Waals surface area contributed by atoms with E-state index in [1.54, 1.807) is 17.0 Å². The zero-order chi connectivity index (χ0) is 23.2. The summed E-state index contributed by atoms with van der Waals surface area (Å²) in [6.07, 6.45) is 0. The molecule has 1 saturated heterocycles. The maximum atomic E-state index is 14.4. The molecule has 8 heteroatoms. The molecule has 33 heavy (non-hydrogen) atoms. The van der Waals surface area contributed by atoms with Crippen molar-refractivity contribution < 1.29 is 18.4 Å². The molecule has 5 rings (SSSR count). The summed E-state index contributed by atoms with van der Waals surface area (Å²) in [5, 5.41) is 2.89. The number of hydrogen-bond donors (Lipinski definition) is 1. The number of hydrogen-bond acceptors (Lipinski definition) is 3. The van der Waals surface area contributed by atoms with E-state index in [0.717, 1.165) is 11.6 Å². The summed E-state index contributed by atoms with van der Waals surface area (Å²) in [7, 11) is 0. The lowest BCUT2D eigenvalue weighted by molar-refractivity contribution is -0.123. The van der Waals surface area contributed by atoms with E-state index in [-0.39, 0.29) is 24.0 Å². The Labute approximate surface area is 194 Å². The third-order valence-corrected chi connectivity index (χ3v) is 7.41. The molecule has 0 aromatic heterocycles. The van der Waals surface area contributed by atoms with Crippen LogP contribution in [0.25, 0.3) is 0 Å². The molecule has 5 nitrogen and oxygen atoms in total. The molecule has 0 bridgehead atoms. The molecule has 2 aliphatic rings. The number of nitrogens with one attached hydrogen (secondary N) is 1. The lowest BCUT2D eigenvalue weighted by atomic mass is 10.1. The molecule has 3 aromatic rings. The Bertz CT molecular complexity index is 1250. The minimum absolute atomic E-state index is 0.0578. The molecule has 3 aromatic carbocycles. The van der Waals surface area contributed by atoms with Crippen LogP contribution in [-0.2, 0) is 16.2 Å². The minimum Gasteiger partial charge on any atom is -0.308 e. The van der Waals surface area contributed by atoms with Crippen LogP contribution < -0.4 is 10.2 Å². The Kier molecular flexibility index (Phi) is 5.32. The van der Waals surface area contributed by atoms with Gasteiger partial charge in [-0.05, 0) is 31.2 Å². The summed E-state index contributed by atoms with van der Waals surface area (Å²) < 4.78 is 27.8. The Morgan fingerprint density at radius 2 is 1.85 bits per heavy atom. The predicted octanol–water partition coefficient (Wildman–Crippen LogP) is 5.25. The molecular formula is C25H21F2N3O2S. The van der Waals surface area contributed by atoms with E-state index in [4.69, 9.17) is 0 Å². The molecule has 1 unspecified atom stereocenters. The summed E-state index contributed by atoms with van der Waals surface area (Å²) in [6, 6.07) is 17.6. The Balaban J connectivity index is 1.50. The summed E-state index contributed by atoms with van der Waals surface area (Å²) >= 11 is 1.39. The summed E-state index contributed by atoms with van der Waals surface area (Å²) in [4.78, 5) is 29.0. The highest BCUT2D eigenvalue weighted by Gasteiger charge is 2.59. The minimum atomic E-state index is -1.23. The van der Waals surface area contributed by atoms with E-state index < -0.39 is 16.5 Å². The summed E-state index contributed by atoms with van der Waals surface area (Å²) in [5.74, 6) is -1.12. The first-order chi connectivity index (χ1) is 15.9. The summed E-state index contributed by atoms with van der Waals surface area (Å²) in [6.45, 7) is 2.29. The van der Waals surface area contributed by atoms with Gasteiger partial charge in [-0.2, -0.15) is 0 Å². The van der Waals surface area contributed by atoms with Gasteiger partial charge in [0.2, 0.25) is 0 Å². The molecule has 2 heterocycles. The lowest BCUT2D eigenvalue weighted by Crippen LogP contribution is -2.51. The number of fused-ring (bicyclic) bond motifs is 2. The quantitative estimate of drug-likeness (QED) is 0.575. The Morgan fingerprint density at radius 1 is 1.09 bits per heavy atom. The fourth-order valence-corrected chi connectivity index (χ4v) is 5.83. The van der Waals surface area contributed by atoms with Crippen LogP contribution in [-0.4, -0.2) is 29.1 Å². The number of anilines is 2. The van der Waals surface area contributed by atoms with Crippen LogP contribution in [0.2, 0.25) is 0 Å². The van der Waals surface area contributed by atoms with Crippen molar-refractivity contribution in [3.8, 4) is 0 Å². The molecule has 1 spiro atoms. The van der Waals surface area contributed by atoms with Crippen LogP contribution in [0.15, 0.2) is 66.7 Å². The maximum Gasteiger partial charge on any atom is 0.323 e. The van der Waals surface area contributed by atoms with E-state index >= 15 is 0 Å². The standard InChI is InChI=1S/C25H21F2N3O2S/c1-16-6-10-19(11-7-16)28-24(32)30-12-13-33-25(30)20-4-2-3-5-22(20)29(23(25)31)15-17-8-9-18(26)14-21(17)27/h2-11,14H,12-13,15H2,1H3,(H,28,32). The zero-order valence-electron chi connectivity index (χ0n) is 17.8. The molecule has 1 fully saturated rings. The van der Waals surface area contributed by atoms with Crippen LogP contribution in [0.5, 0.6) is 0 Å². The number of nitrogens with zero attached hydrogens (tertiary/aromatic N) is 2. The molecule has 0 radical (unpaired) electrons. The topological polar surface area (TPSA) is 52.7 Å². The van der Waals surface area contributed by atoms with E-state index in [1.165, 1.54) is 28.8 Å². The van der Waals surface area contributed by atoms with E-state index in [1.807, 2.05) is 43.3 Å². The van der Waals surface area contributed by atoms with Gasteiger partial charge in [-0.3, -0.25) is 9.69 Å². The smallest absolute Gasteiger partial charge is 0.308 e. The number of aryl methyl sites for hydroxylation is 1. The van der Waals surface area contributed by atoms with Crippen LogP contribution in [0.4, 0.5) is 25.0 Å². The first-order valence-corrected chi connectivity index (χ1v) is 11.5. The molecule has 1 atom stereocenters. The van der Waals surface area contributed by atoms with Crippen molar-refractivity contribution in [3.63, 3.8) is 0 Å². The average molecular weight is 466 g/mol. The third-order valence-electron chi connectivity index (χ3n) is 5.99. The van der Waals surface area contributed by atoms with Gasteiger partial charge in [0.25, 0.3) is 5.91 Å². The maximum absolute atomic E-state index is 14.4. The van der Waals surface area contributed by atoms with Crippen molar-refractivity contribution >= 4 is 35.1 Å². The van der Waals surface area contributed by atoms with E-state index in [9.17, 15) is 18.4 Å². The van der Waals surface area contributed by atoms with Crippen LogP contribution in [0, 0.1) is 18.6 Å². The Morgan fingerprint density at radius 3 is 2.61 bits per heavy atom. The monoisotopic (exact) mass is 465 g/mol. The Hall–Kier alpha value is -3.39. The molecule has 168 valence electrons. The first-order valence-electron chi connectivity index (χ1n) is 10.5. The predicted molar refractivity (Wildman–Crippen MR) is 125 cm³/mol. The summed E-state index contributed by atoms with van der Waals surface area (Å²) in [5.41, 5.74) is 3.23. The van der Waals surface area contributed by atoms with Gasteiger partial charge in [0.05, 0.1) is 12.2 Å². The van der Waals surface area contributed by atoms with E-state index in [2.05, 4.69) is 5.32 Å². The number of thioether (sulfide) groups is 1. The van der Waals surface area contributed by atoms with Crippen molar-refractivity contribution in [1.82, 2.24) is 4.90 Å². The van der Waals surface area contributed by atoms with Gasteiger partial charge in [-0.15, -0.1) is 11.8 Å². The number of amides is 3. The van der Waals surface area contributed by atoms with E-state index in [0.29, 0.717) is 29.2 Å². The highest BCUT2D eigenvalue weighted by molar-refractivity contribution is 8.01. The van der Waals surface area contributed by atoms with Crippen molar-refractivity contribution in [2.45, 2.75) is 18.3 Å². The number of halogens is 2. The second-order valence-electron chi connectivity index (χ2n) is 8.08. The van der Waals surface area contributed by atoms with Crippen molar-refractivity contribution in [1.29, 1.82) is 0 Å². The fourth-order valence-electron chi connectivity index (χ4n) is 4.37. The number of para-hydroxylation sites is 1. The largest absolute Gasteiger partial charge is 0.323 e. The molecule has 1 N–H and O–H groups in total. The van der Waals surface area contributed by atoms with Gasteiger partial charge >= 0.3 is 6.03 Å². The molecule has 0 aliphatic carbocycles. The SMILES string of the molecule is Cc1ccc(NC(=O)N2CCSC23C(=O)N(Cc2ccc(F)cc2F)c2ccccc23)cc1. The number of rotatable bonds is 3. The first kappa shape index (κ1) is 21.5. The number of carbonyl (C=O) groups excluding carboxylic acids is 2. The van der Waals surface area contributed by atoms with Crippen molar-refractivity contribution in [2.24, 2.45) is 0 Å². The highest BCUT2D eigenvalue weighted by Crippen LogP contribution is 2.54. The number of benzene rings is 3. The van der Waals surface area contributed by atoms with Gasteiger partial charge in [0.15, 0.2) is 4.87 Å². The highest BCUT2D eigenvalue weighted by atomic mass is 32.2. The molecule has 0 saturated carbocycles. The molecule has 2 aliphatic heterocycles.